The van der Waals surface area contributed by atoms with Crippen LogP contribution in [0.15, 0.2) is 24.5 Å². The van der Waals surface area contributed by atoms with Crippen molar-refractivity contribution >= 4 is 22.8 Å². The molecule has 1 atom stereocenters. The maximum absolute atomic E-state index is 13.1. The van der Waals surface area contributed by atoms with Gasteiger partial charge in [0.2, 0.25) is 0 Å². The highest BCUT2D eigenvalue weighted by molar-refractivity contribution is 5.90. The minimum atomic E-state index is -4.43. The lowest BCUT2D eigenvalue weighted by Crippen LogP contribution is -2.42. The molecule has 0 aliphatic carbocycles. The SMILES string of the molecule is CC(C)(C)OC(=O)NCC1CCCN(c2ncnc3ccc(C(F)(F)F)cc23)C1. The number of piperidine rings is 1. The third-order valence-electron chi connectivity index (χ3n) is 4.69. The molecule has 3 rings (SSSR count). The van der Waals surface area contributed by atoms with Gasteiger partial charge >= 0.3 is 12.3 Å². The Morgan fingerprint density at radius 2 is 2.03 bits per heavy atom. The first-order valence-electron chi connectivity index (χ1n) is 9.57. The molecule has 9 heteroatoms. The first kappa shape index (κ1) is 21.1. The molecule has 6 nitrogen and oxygen atoms in total. The number of hydrogen-bond acceptors (Lipinski definition) is 5. The molecule has 1 aliphatic heterocycles. The summed E-state index contributed by atoms with van der Waals surface area (Å²) < 4.78 is 44.7. The number of nitrogens with one attached hydrogen (secondary N) is 1. The summed E-state index contributed by atoms with van der Waals surface area (Å²) in [5.41, 5.74) is -0.822. The Morgan fingerprint density at radius 1 is 1.28 bits per heavy atom. The van der Waals surface area contributed by atoms with Gasteiger partial charge in [-0.2, -0.15) is 13.2 Å². The van der Waals surface area contributed by atoms with Gasteiger partial charge in [0.15, 0.2) is 0 Å². The Bertz CT molecular complexity index is 880. The third-order valence-corrected chi connectivity index (χ3v) is 4.69. The second-order valence-electron chi connectivity index (χ2n) is 8.26. The summed E-state index contributed by atoms with van der Waals surface area (Å²) in [6, 6.07) is 3.50. The van der Waals surface area contributed by atoms with Crippen LogP contribution in [0.5, 0.6) is 0 Å². The van der Waals surface area contributed by atoms with Gasteiger partial charge in [-0.3, -0.25) is 0 Å². The van der Waals surface area contributed by atoms with Crippen LogP contribution in [0.1, 0.15) is 39.2 Å². The minimum Gasteiger partial charge on any atom is -0.444 e. The number of halogens is 3. The highest BCUT2D eigenvalue weighted by atomic mass is 19.4. The van der Waals surface area contributed by atoms with Crippen LogP contribution in [0.4, 0.5) is 23.8 Å². The van der Waals surface area contributed by atoms with E-state index in [1.165, 1.54) is 12.4 Å². The lowest BCUT2D eigenvalue weighted by atomic mass is 9.97. The molecule has 1 amide bonds. The number of alkyl halides is 3. The van der Waals surface area contributed by atoms with Gasteiger partial charge < -0.3 is 15.0 Å². The Kier molecular flexibility index (Phi) is 5.86. The molecular weight excluding hydrogens is 385 g/mol. The Morgan fingerprint density at radius 3 is 2.72 bits per heavy atom. The standard InChI is InChI=1S/C20H25F3N4O2/c1-19(2,3)29-18(28)24-10-13-5-4-8-27(11-13)17-15-9-14(20(21,22)23)6-7-16(15)25-12-26-17/h6-7,9,12-13H,4-5,8,10-11H2,1-3H3,(H,24,28). The summed E-state index contributed by atoms with van der Waals surface area (Å²) in [6.45, 7) is 7.09. The highest BCUT2D eigenvalue weighted by Gasteiger charge is 2.31. The van der Waals surface area contributed by atoms with Crippen molar-refractivity contribution in [2.24, 2.45) is 5.92 Å². The van der Waals surface area contributed by atoms with E-state index in [-0.39, 0.29) is 5.92 Å². The fourth-order valence-corrected chi connectivity index (χ4v) is 3.44. The van der Waals surface area contributed by atoms with Crippen molar-refractivity contribution < 1.29 is 22.7 Å². The van der Waals surface area contributed by atoms with Gasteiger partial charge in [-0.05, 0) is 57.7 Å². The maximum atomic E-state index is 13.1. The zero-order valence-electron chi connectivity index (χ0n) is 16.7. The van der Waals surface area contributed by atoms with Gasteiger partial charge in [0.25, 0.3) is 0 Å². The molecule has 2 aromatic rings. The molecule has 1 saturated heterocycles. The number of carbonyl (C=O) groups is 1. The van der Waals surface area contributed by atoms with Crippen molar-refractivity contribution in [1.82, 2.24) is 15.3 Å². The van der Waals surface area contributed by atoms with E-state index in [0.29, 0.717) is 36.4 Å². The number of carbonyl (C=O) groups excluding carboxylic acids is 1. The van der Waals surface area contributed by atoms with E-state index < -0.39 is 23.4 Å². The van der Waals surface area contributed by atoms with Crippen molar-refractivity contribution in [1.29, 1.82) is 0 Å². The monoisotopic (exact) mass is 410 g/mol. The minimum absolute atomic E-state index is 0.145. The van der Waals surface area contributed by atoms with E-state index in [4.69, 9.17) is 4.74 Å². The van der Waals surface area contributed by atoms with Crippen molar-refractivity contribution in [3.63, 3.8) is 0 Å². The molecule has 1 fully saturated rings. The number of anilines is 1. The summed E-state index contributed by atoms with van der Waals surface area (Å²) in [5.74, 6) is 0.634. The molecule has 2 heterocycles. The highest BCUT2D eigenvalue weighted by Crippen LogP contribution is 2.34. The predicted octanol–water partition coefficient (Wildman–Crippen LogP) is 4.39. The Balaban J connectivity index is 1.75. The number of aromatic nitrogens is 2. The van der Waals surface area contributed by atoms with Crippen LogP contribution < -0.4 is 10.2 Å². The van der Waals surface area contributed by atoms with E-state index in [0.717, 1.165) is 25.0 Å². The van der Waals surface area contributed by atoms with Crippen LogP contribution in [0.2, 0.25) is 0 Å². The van der Waals surface area contributed by atoms with Gasteiger partial charge in [-0.25, -0.2) is 14.8 Å². The van der Waals surface area contributed by atoms with E-state index in [9.17, 15) is 18.0 Å². The Labute approximate surface area is 167 Å². The molecular formula is C20H25F3N4O2. The predicted molar refractivity (Wildman–Crippen MR) is 104 cm³/mol. The number of fused-ring (bicyclic) bond motifs is 1. The van der Waals surface area contributed by atoms with E-state index in [2.05, 4.69) is 15.3 Å². The average Bonchev–Trinajstić information content (AvgIpc) is 2.63. The number of benzene rings is 1. The van der Waals surface area contributed by atoms with Gasteiger partial charge in [0.1, 0.15) is 17.7 Å². The molecule has 1 N–H and O–H groups in total. The molecule has 1 aromatic heterocycles. The lowest BCUT2D eigenvalue weighted by Gasteiger charge is -2.34. The van der Waals surface area contributed by atoms with Crippen molar-refractivity contribution in [3.05, 3.63) is 30.1 Å². The quantitative estimate of drug-likeness (QED) is 0.813. The number of rotatable bonds is 3. The van der Waals surface area contributed by atoms with Gasteiger partial charge in [0.05, 0.1) is 11.1 Å². The van der Waals surface area contributed by atoms with Crippen LogP contribution in [-0.4, -0.2) is 41.3 Å². The molecule has 0 radical (unpaired) electrons. The first-order chi connectivity index (χ1) is 13.5. The van der Waals surface area contributed by atoms with Crippen LogP contribution in [0.25, 0.3) is 10.9 Å². The molecule has 1 unspecified atom stereocenters. The summed E-state index contributed by atoms with van der Waals surface area (Å²) in [4.78, 5) is 22.2. The lowest BCUT2D eigenvalue weighted by molar-refractivity contribution is -0.137. The van der Waals surface area contributed by atoms with Gasteiger partial charge in [0, 0.05) is 25.0 Å². The van der Waals surface area contributed by atoms with E-state index in [1.807, 2.05) is 4.90 Å². The largest absolute Gasteiger partial charge is 0.444 e. The Hall–Kier alpha value is -2.58. The molecule has 0 spiro atoms. The summed E-state index contributed by atoms with van der Waals surface area (Å²) in [7, 11) is 0. The fraction of sp³-hybridized carbons (Fsp3) is 0.550. The molecule has 29 heavy (non-hydrogen) atoms. The second-order valence-corrected chi connectivity index (χ2v) is 8.26. The number of alkyl carbamates (subject to hydrolysis) is 1. The molecule has 1 aliphatic rings. The normalized spacial score (nSPS) is 18.0. The van der Waals surface area contributed by atoms with E-state index >= 15 is 0 Å². The van der Waals surface area contributed by atoms with Crippen LogP contribution >= 0.6 is 0 Å². The first-order valence-corrected chi connectivity index (χ1v) is 9.57. The van der Waals surface area contributed by atoms with Crippen molar-refractivity contribution in [2.75, 3.05) is 24.5 Å². The number of hydrogen-bond donors (Lipinski definition) is 1. The summed E-state index contributed by atoms with van der Waals surface area (Å²) >= 11 is 0. The number of ether oxygens (including phenoxy) is 1. The second kappa shape index (κ2) is 8.04. The van der Waals surface area contributed by atoms with E-state index in [1.54, 1.807) is 20.8 Å². The molecule has 0 bridgehead atoms. The average molecular weight is 410 g/mol. The number of amides is 1. The number of nitrogens with zero attached hydrogens (tertiary/aromatic N) is 3. The summed E-state index contributed by atoms with van der Waals surface area (Å²) in [6.07, 6.45) is -1.78. The third kappa shape index (κ3) is 5.48. The molecule has 1 aromatic carbocycles. The van der Waals surface area contributed by atoms with Crippen LogP contribution in [0, 0.1) is 5.92 Å². The molecule has 158 valence electrons. The van der Waals surface area contributed by atoms with Crippen LogP contribution in [-0.2, 0) is 10.9 Å². The summed E-state index contributed by atoms with van der Waals surface area (Å²) in [5, 5.41) is 3.16. The smallest absolute Gasteiger partial charge is 0.416 e. The fourth-order valence-electron chi connectivity index (χ4n) is 3.44. The van der Waals surface area contributed by atoms with Crippen molar-refractivity contribution in [2.45, 2.75) is 45.4 Å². The topological polar surface area (TPSA) is 67.3 Å². The van der Waals surface area contributed by atoms with Gasteiger partial charge in [-0.15, -0.1) is 0 Å². The van der Waals surface area contributed by atoms with Crippen LogP contribution in [0.3, 0.4) is 0 Å². The molecule has 0 saturated carbocycles. The van der Waals surface area contributed by atoms with Crippen molar-refractivity contribution in [3.8, 4) is 0 Å². The van der Waals surface area contributed by atoms with Gasteiger partial charge in [-0.1, -0.05) is 0 Å². The zero-order chi connectivity index (χ0) is 21.2. The maximum Gasteiger partial charge on any atom is 0.416 e. The zero-order valence-corrected chi connectivity index (χ0v) is 16.7.